The highest BCUT2D eigenvalue weighted by Gasteiger charge is 2.40. The zero-order valence-electron chi connectivity index (χ0n) is 10.1. The monoisotopic (exact) mass is 259 g/mol. The minimum atomic E-state index is -3.56. The Morgan fingerprint density at radius 1 is 1.65 bits per heavy atom. The van der Waals surface area contributed by atoms with Crippen LogP contribution in [0.4, 0.5) is 0 Å². The molecule has 1 fully saturated rings. The lowest BCUT2D eigenvalue weighted by Crippen LogP contribution is -2.50. The third-order valence-corrected chi connectivity index (χ3v) is 4.74. The van der Waals surface area contributed by atoms with Gasteiger partial charge in [-0.15, -0.1) is 0 Å². The van der Waals surface area contributed by atoms with E-state index >= 15 is 0 Å². The van der Waals surface area contributed by atoms with Gasteiger partial charge in [0.15, 0.2) is 5.03 Å². The van der Waals surface area contributed by atoms with Gasteiger partial charge in [0.1, 0.15) is 5.82 Å². The summed E-state index contributed by atoms with van der Waals surface area (Å²) in [6.07, 6.45) is 1.85. The van der Waals surface area contributed by atoms with E-state index in [-0.39, 0.29) is 11.1 Å². The molecule has 2 unspecified atom stereocenters. The summed E-state index contributed by atoms with van der Waals surface area (Å²) in [4.78, 5) is 6.61. The Morgan fingerprint density at radius 2 is 2.35 bits per heavy atom. The van der Waals surface area contributed by atoms with E-state index in [0.717, 1.165) is 0 Å². The first-order valence-electron chi connectivity index (χ1n) is 5.51. The van der Waals surface area contributed by atoms with E-state index in [0.29, 0.717) is 18.9 Å². The van der Waals surface area contributed by atoms with Crippen molar-refractivity contribution in [2.24, 2.45) is 0 Å². The molecule has 2 rings (SSSR count). The molecule has 0 saturated carbocycles. The molecule has 96 valence electrons. The predicted octanol–water partition coefficient (Wildman–Crippen LogP) is 0.564. The van der Waals surface area contributed by atoms with Crippen molar-refractivity contribution in [1.29, 1.82) is 0 Å². The van der Waals surface area contributed by atoms with Crippen LogP contribution in [-0.4, -0.2) is 36.6 Å². The van der Waals surface area contributed by atoms with Crippen LogP contribution < -0.4 is 4.72 Å². The summed E-state index contributed by atoms with van der Waals surface area (Å²) in [6, 6.07) is 0. The SMILES string of the molecule is Cc1ncc(S(=O)(=O)NC2(C)CCOC2C)[nH]1. The van der Waals surface area contributed by atoms with Gasteiger partial charge in [0.25, 0.3) is 10.0 Å². The minimum absolute atomic E-state index is 0.0929. The summed E-state index contributed by atoms with van der Waals surface area (Å²) in [5.74, 6) is 0.575. The number of hydrogen-bond acceptors (Lipinski definition) is 4. The Kier molecular flexibility index (Phi) is 3.01. The van der Waals surface area contributed by atoms with Gasteiger partial charge in [0.05, 0.1) is 17.8 Å². The fraction of sp³-hybridized carbons (Fsp3) is 0.700. The van der Waals surface area contributed by atoms with Crippen LogP contribution >= 0.6 is 0 Å². The molecule has 0 radical (unpaired) electrons. The molecular formula is C10H17N3O3S. The lowest BCUT2D eigenvalue weighted by Gasteiger charge is -2.27. The van der Waals surface area contributed by atoms with Crippen molar-refractivity contribution in [1.82, 2.24) is 14.7 Å². The van der Waals surface area contributed by atoms with Gasteiger partial charge in [0, 0.05) is 6.61 Å². The molecule has 1 saturated heterocycles. The van der Waals surface area contributed by atoms with Crippen LogP contribution in [0.1, 0.15) is 26.1 Å². The number of aryl methyl sites for hydroxylation is 1. The van der Waals surface area contributed by atoms with Crippen LogP contribution in [0, 0.1) is 6.92 Å². The van der Waals surface area contributed by atoms with Gasteiger partial charge in [-0.1, -0.05) is 0 Å². The first-order valence-corrected chi connectivity index (χ1v) is 6.99. The van der Waals surface area contributed by atoms with E-state index in [2.05, 4.69) is 14.7 Å². The number of H-pyrrole nitrogens is 1. The number of imidazole rings is 1. The Balaban J connectivity index is 2.23. The Hall–Kier alpha value is -0.920. The molecule has 2 atom stereocenters. The van der Waals surface area contributed by atoms with Crippen LogP contribution in [0.5, 0.6) is 0 Å². The molecule has 17 heavy (non-hydrogen) atoms. The largest absolute Gasteiger partial charge is 0.376 e. The van der Waals surface area contributed by atoms with Gasteiger partial charge in [-0.25, -0.2) is 18.1 Å². The predicted molar refractivity (Wildman–Crippen MR) is 62.1 cm³/mol. The standard InChI is InChI=1S/C10H17N3O3S/c1-7-10(3,4-5-16-7)13-17(14,15)9-6-11-8(2)12-9/h6-7,13H,4-5H2,1-3H3,(H,11,12). The molecule has 1 aromatic heterocycles. The zero-order chi connectivity index (χ0) is 12.7. The van der Waals surface area contributed by atoms with Crippen molar-refractivity contribution < 1.29 is 13.2 Å². The van der Waals surface area contributed by atoms with Crippen molar-refractivity contribution in [2.45, 2.75) is 43.9 Å². The molecule has 2 N–H and O–H groups in total. The number of nitrogens with zero attached hydrogens (tertiary/aromatic N) is 1. The number of aromatic nitrogens is 2. The highest BCUT2D eigenvalue weighted by molar-refractivity contribution is 7.89. The van der Waals surface area contributed by atoms with E-state index < -0.39 is 15.6 Å². The van der Waals surface area contributed by atoms with E-state index in [1.54, 1.807) is 6.92 Å². The summed E-state index contributed by atoms with van der Waals surface area (Å²) in [5.41, 5.74) is -0.558. The smallest absolute Gasteiger partial charge is 0.258 e. The fourth-order valence-corrected chi connectivity index (χ4v) is 3.33. The Morgan fingerprint density at radius 3 is 2.82 bits per heavy atom. The maximum absolute atomic E-state index is 12.1. The van der Waals surface area contributed by atoms with Gasteiger partial charge in [-0.3, -0.25) is 0 Å². The highest BCUT2D eigenvalue weighted by atomic mass is 32.2. The number of aromatic amines is 1. The van der Waals surface area contributed by atoms with Gasteiger partial charge >= 0.3 is 0 Å². The van der Waals surface area contributed by atoms with E-state index in [1.807, 2.05) is 13.8 Å². The van der Waals surface area contributed by atoms with Gasteiger partial charge in [-0.2, -0.15) is 0 Å². The number of hydrogen-bond donors (Lipinski definition) is 2. The molecule has 0 aliphatic carbocycles. The first-order chi connectivity index (χ1) is 7.83. The summed E-state index contributed by atoms with van der Waals surface area (Å²) < 4.78 is 32.3. The fourth-order valence-electron chi connectivity index (χ4n) is 1.87. The van der Waals surface area contributed by atoms with E-state index in [4.69, 9.17) is 4.74 Å². The van der Waals surface area contributed by atoms with Crippen molar-refractivity contribution >= 4 is 10.0 Å². The van der Waals surface area contributed by atoms with Crippen molar-refractivity contribution in [3.63, 3.8) is 0 Å². The molecule has 0 bridgehead atoms. The Labute approximate surface area is 101 Å². The van der Waals surface area contributed by atoms with Crippen LogP contribution in [0.25, 0.3) is 0 Å². The summed E-state index contributed by atoms with van der Waals surface area (Å²) in [6.45, 7) is 6.00. The summed E-state index contributed by atoms with van der Waals surface area (Å²) in [7, 11) is -3.56. The van der Waals surface area contributed by atoms with Crippen LogP contribution in [0.15, 0.2) is 11.2 Å². The lowest BCUT2D eigenvalue weighted by molar-refractivity contribution is 0.0957. The first kappa shape index (κ1) is 12.5. The molecule has 6 nitrogen and oxygen atoms in total. The maximum atomic E-state index is 12.1. The normalized spacial score (nSPS) is 29.7. The van der Waals surface area contributed by atoms with E-state index in [9.17, 15) is 8.42 Å². The summed E-state index contributed by atoms with van der Waals surface area (Å²) in [5, 5.41) is 0.0929. The second-order valence-corrected chi connectivity index (χ2v) is 6.27. The van der Waals surface area contributed by atoms with Crippen molar-refractivity contribution in [3.05, 3.63) is 12.0 Å². The number of nitrogens with one attached hydrogen (secondary N) is 2. The molecule has 0 amide bonds. The number of rotatable bonds is 3. The second-order valence-electron chi connectivity index (χ2n) is 4.62. The minimum Gasteiger partial charge on any atom is -0.376 e. The molecule has 1 aliphatic heterocycles. The third-order valence-electron chi connectivity index (χ3n) is 3.22. The average Bonchev–Trinajstić information content (AvgIpc) is 2.75. The van der Waals surface area contributed by atoms with E-state index in [1.165, 1.54) is 6.20 Å². The van der Waals surface area contributed by atoms with Gasteiger partial charge < -0.3 is 9.72 Å². The Bertz CT molecular complexity index is 511. The van der Waals surface area contributed by atoms with Crippen LogP contribution in [0.3, 0.4) is 0 Å². The summed E-state index contributed by atoms with van der Waals surface area (Å²) >= 11 is 0. The molecule has 7 heteroatoms. The highest BCUT2D eigenvalue weighted by Crippen LogP contribution is 2.26. The second kappa shape index (κ2) is 4.08. The molecule has 1 aliphatic rings. The average molecular weight is 259 g/mol. The lowest BCUT2D eigenvalue weighted by atomic mass is 9.97. The molecular weight excluding hydrogens is 242 g/mol. The molecule has 0 spiro atoms. The van der Waals surface area contributed by atoms with Gasteiger partial charge in [-0.05, 0) is 27.2 Å². The van der Waals surface area contributed by atoms with Crippen LogP contribution in [0.2, 0.25) is 0 Å². The van der Waals surface area contributed by atoms with Crippen molar-refractivity contribution in [3.8, 4) is 0 Å². The van der Waals surface area contributed by atoms with Crippen molar-refractivity contribution in [2.75, 3.05) is 6.61 Å². The quantitative estimate of drug-likeness (QED) is 0.831. The molecule has 2 heterocycles. The zero-order valence-corrected chi connectivity index (χ0v) is 11.0. The third kappa shape index (κ3) is 2.36. The molecule has 1 aromatic rings. The van der Waals surface area contributed by atoms with Crippen LogP contribution in [-0.2, 0) is 14.8 Å². The number of sulfonamides is 1. The van der Waals surface area contributed by atoms with Gasteiger partial charge in [0.2, 0.25) is 0 Å². The topological polar surface area (TPSA) is 84.1 Å². The maximum Gasteiger partial charge on any atom is 0.258 e. The number of ether oxygens (including phenoxy) is 1. The molecule has 0 aromatic carbocycles.